The Morgan fingerprint density at radius 2 is 1.95 bits per heavy atom. The van der Waals surface area contributed by atoms with Gasteiger partial charge in [-0.25, -0.2) is 9.67 Å². The molecule has 4 aromatic rings. The van der Waals surface area contributed by atoms with Crippen LogP contribution in [0.4, 0.5) is 13.2 Å². The number of carbonyl (C=O) groups excluding carboxylic acids is 1. The first-order chi connectivity index (χ1) is 18.2. The van der Waals surface area contributed by atoms with E-state index in [1.165, 1.54) is 22.1 Å². The second-order valence-corrected chi connectivity index (χ2v) is 10.5. The number of alkyl halides is 3. The molecule has 1 aliphatic heterocycles. The summed E-state index contributed by atoms with van der Waals surface area (Å²) in [5, 5.41) is 8.47. The summed E-state index contributed by atoms with van der Waals surface area (Å²) in [6.07, 6.45) is -3.79. The molecular formula is C27H28F3N5O2S. The molecule has 1 aliphatic rings. The molecule has 2 aromatic carbocycles. The third-order valence-electron chi connectivity index (χ3n) is 6.53. The van der Waals surface area contributed by atoms with Crippen molar-refractivity contribution in [1.29, 1.82) is 0 Å². The molecule has 200 valence electrons. The van der Waals surface area contributed by atoms with Gasteiger partial charge in [0.05, 0.1) is 23.9 Å². The van der Waals surface area contributed by atoms with Gasteiger partial charge in [-0.05, 0) is 49.2 Å². The van der Waals surface area contributed by atoms with Gasteiger partial charge in [-0.15, -0.1) is 0 Å². The summed E-state index contributed by atoms with van der Waals surface area (Å²) in [5.41, 5.74) is 1.18. The molecule has 7 nitrogen and oxygen atoms in total. The van der Waals surface area contributed by atoms with Gasteiger partial charge in [0.25, 0.3) is 5.91 Å². The number of halogens is 3. The number of ether oxygens (including phenoxy) is 1. The van der Waals surface area contributed by atoms with E-state index >= 15 is 0 Å². The minimum atomic E-state index is -4.55. The number of rotatable bonds is 5. The van der Waals surface area contributed by atoms with Crippen molar-refractivity contribution in [2.24, 2.45) is 0 Å². The molecule has 0 saturated carbocycles. The standard InChI is InChI=1S/C27H28F3N5O2S/c1-16(2)24-22(17-6-4-7-19(14-17)37-3)32-26(38-24)35-21-9-8-18(27(28,29)30)15-20(21)23(33-35)25(36)34-12-5-10-31-11-13-34/h4,6-9,14-16,31H,5,10-13H2,1-3H3. The van der Waals surface area contributed by atoms with Crippen molar-refractivity contribution in [3.05, 3.63) is 58.6 Å². The van der Waals surface area contributed by atoms with Gasteiger partial charge >= 0.3 is 6.18 Å². The highest BCUT2D eigenvalue weighted by molar-refractivity contribution is 7.14. The molecule has 5 rings (SSSR count). The Balaban J connectivity index is 1.68. The number of nitrogens with zero attached hydrogens (tertiary/aromatic N) is 4. The highest BCUT2D eigenvalue weighted by Crippen LogP contribution is 2.39. The van der Waals surface area contributed by atoms with Crippen LogP contribution in [0.15, 0.2) is 42.5 Å². The second-order valence-electron chi connectivity index (χ2n) is 9.48. The molecule has 1 fully saturated rings. The largest absolute Gasteiger partial charge is 0.497 e. The maximum absolute atomic E-state index is 13.6. The predicted molar refractivity (Wildman–Crippen MR) is 141 cm³/mol. The monoisotopic (exact) mass is 543 g/mol. The Hall–Kier alpha value is -3.44. The minimum Gasteiger partial charge on any atom is -0.497 e. The Kier molecular flexibility index (Phi) is 7.15. The van der Waals surface area contributed by atoms with Gasteiger partial charge in [-0.3, -0.25) is 4.79 Å². The van der Waals surface area contributed by atoms with Crippen LogP contribution in [0.2, 0.25) is 0 Å². The predicted octanol–water partition coefficient (Wildman–Crippen LogP) is 5.74. The van der Waals surface area contributed by atoms with Crippen LogP contribution < -0.4 is 10.1 Å². The number of carbonyl (C=O) groups is 1. The van der Waals surface area contributed by atoms with E-state index in [1.54, 1.807) is 12.0 Å². The van der Waals surface area contributed by atoms with Gasteiger partial charge in [0, 0.05) is 35.5 Å². The molecule has 38 heavy (non-hydrogen) atoms. The zero-order valence-electron chi connectivity index (χ0n) is 21.3. The molecule has 1 amide bonds. The van der Waals surface area contributed by atoms with E-state index in [0.29, 0.717) is 36.0 Å². The maximum atomic E-state index is 13.6. The Morgan fingerprint density at radius 1 is 1.13 bits per heavy atom. The van der Waals surface area contributed by atoms with Gasteiger partial charge in [0.1, 0.15) is 5.75 Å². The Morgan fingerprint density at radius 3 is 2.68 bits per heavy atom. The van der Waals surface area contributed by atoms with Gasteiger partial charge in [0.15, 0.2) is 5.69 Å². The Bertz CT molecular complexity index is 1470. The zero-order chi connectivity index (χ0) is 27.0. The van der Waals surface area contributed by atoms with Crippen LogP contribution in [0.1, 0.15) is 47.1 Å². The topological polar surface area (TPSA) is 72.3 Å². The minimum absolute atomic E-state index is 0.00257. The van der Waals surface area contributed by atoms with Crippen molar-refractivity contribution in [2.75, 3.05) is 33.3 Å². The summed E-state index contributed by atoms with van der Waals surface area (Å²) in [7, 11) is 1.60. The van der Waals surface area contributed by atoms with Gasteiger partial charge in [-0.1, -0.05) is 37.3 Å². The summed E-state index contributed by atoms with van der Waals surface area (Å²) in [5.74, 6) is 0.438. The summed E-state index contributed by atoms with van der Waals surface area (Å²) in [4.78, 5) is 21.1. The van der Waals surface area contributed by atoms with E-state index in [1.807, 2.05) is 24.3 Å². The number of nitrogens with one attached hydrogen (secondary N) is 1. The molecular weight excluding hydrogens is 515 g/mol. The first kappa shape index (κ1) is 26.2. The third-order valence-corrected chi connectivity index (χ3v) is 7.86. The molecule has 0 unspecified atom stereocenters. The molecule has 1 saturated heterocycles. The van der Waals surface area contributed by atoms with Crippen molar-refractivity contribution >= 4 is 28.1 Å². The summed E-state index contributed by atoms with van der Waals surface area (Å²) >= 11 is 1.41. The fourth-order valence-corrected chi connectivity index (χ4v) is 5.63. The molecule has 3 heterocycles. The first-order valence-electron chi connectivity index (χ1n) is 12.4. The smallest absolute Gasteiger partial charge is 0.416 e. The van der Waals surface area contributed by atoms with E-state index in [4.69, 9.17) is 9.72 Å². The number of amides is 1. The normalized spacial score (nSPS) is 14.8. The van der Waals surface area contributed by atoms with E-state index in [0.717, 1.165) is 41.2 Å². The molecule has 2 aromatic heterocycles. The SMILES string of the molecule is COc1cccc(-c2nc(-n3nc(C(=O)N4CCCNCC4)c4cc(C(F)(F)F)ccc43)sc2C(C)C)c1. The first-order valence-corrected chi connectivity index (χ1v) is 13.2. The van der Waals surface area contributed by atoms with Crippen LogP contribution in [0.5, 0.6) is 5.75 Å². The van der Waals surface area contributed by atoms with Crippen LogP contribution in [0.25, 0.3) is 27.3 Å². The van der Waals surface area contributed by atoms with Crippen LogP contribution in [-0.2, 0) is 6.18 Å². The van der Waals surface area contributed by atoms with E-state index in [9.17, 15) is 18.0 Å². The van der Waals surface area contributed by atoms with E-state index in [-0.39, 0.29) is 22.9 Å². The highest BCUT2D eigenvalue weighted by Gasteiger charge is 2.33. The number of hydrogen-bond donors (Lipinski definition) is 1. The highest BCUT2D eigenvalue weighted by atomic mass is 32.1. The van der Waals surface area contributed by atoms with Crippen LogP contribution >= 0.6 is 11.3 Å². The van der Waals surface area contributed by atoms with Gasteiger partial charge in [-0.2, -0.15) is 18.3 Å². The zero-order valence-corrected chi connectivity index (χ0v) is 22.1. The number of thiazole rings is 1. The molecule has 1 N–H and O–H groups in total. The van der Waals surface area contributed by atoms with E-state index in [2.05, 4.69) is 24.3 Å². The number of benzene rings is 2. The van der Waals surface area contributed by atoms with Gasteiger partial charge in [0.2, 0.25) is 5.13 Å². The number of fused-ring (bicyclic) bond motifs is 1. The summed E-state index contributed by atoms with van der Waals surface area (Å²) in [6, 6.07) is 11.0. The third kappa shape index (κ3) is 5.00. The summed E-state index contributed by atoms with van der Waals surface area (Å²) < 4.78 is 47.8. The molecule has 0 atom stereocenters. The van der Waals surface area contributed by atoms with Gasteiger partial charge < -0.3 is 15.0 Å². The number of methoxy groups -OCH3 is 1. The lowest BCUT2D eigenvalue weighted by atomic mass is 10.1. The lowest BCUT2D eigenvalue weighted by Crippen LogP contribution is -2.34. The van der Waals surface area contributed by atoms with Crippen molar-refractivity contribution in [2.45, 2.75) is 32.4 Å². The van der Waals surface area contributed by atoms with E-state index < -0.39 is 11.7 Å². The molecule has 11 heteroatoms. The lowest BCUT2D eigenvalue weighted by Gasteiger charge is -2.18. The lowest BCUT2D eigenvalue weighted by molar-refractivity contribution is -0.137. The van der Waals surface area contributed by atoms with Crippen LogP contribution in [-0.4, -0.2) is 58.9 Å². The average Bonchev–Trinajstić information content (AvgIpc) is 3.40. The molecule has 0 aliphatic carbocycles. The van der Waals surface area contributed by atoms with Crippen molar-refractivity contribution in [3.8, 4) is 22.1 Å². The Labute approximate surface area is 222 Å². The quantitative estimate of drug-likeness (QED) is 0.348. The maximum Gasteiger partial charge on any atom is 0.416 e. The fraction of sp³-hybridized carbons (Fsp3) is 0.370. The second kappa shape index (κ2) is 10.4. The van der Waals surface area contributed by atoms with Crippen LogP contribution in [0, 0.1) is 0 Å². The summed E-state index contributed by atoms with van der Waals surface area (Å²) in [6.45, 7) is 6.47. The molecule has 0 radical (unpaired) electrons. The number of hydrogen-bond acceptors (Lipinski definition) is 6. The average molecular weight is 544 g/mol. The molecule has 0 spiro atoms. The van der Waals surface area contributed by atoms with Crippen molar-refractivity contribution < 1.29 is 22.7 Å². The fourth-order valence-electron chi connectivity index (χ4n) is 4.58. The van der Waals surface area contributed by atoms with Crippen molar-refractivity contribution in [1.82, 2.24) is 25.0 Å². The number of aromatic nitrogens is 3. The molecule has 0 bridgehead atoms. The van der Waals surface area contributed by atoms with Crippen LogP contribution in [0.3, 0.4) is 0 Å². The van der Waals surface area contributed by atoms with Crippen molar-refractivity contribution in [3.63, 3.8) is 0 Å².